The Balaban J connectivity index is 3.52. The van der Waals surface area contributed by atoms with Crippen molar-refractivity contribution in [3.8, 4) is 0 Å². The number of aliphatic imine (C=N–C) groups is 1. The molecule has 0 rings (SSSR count). The van der Waals surface area contributed by atoms with Gasteiger partial charge in [0.25, 0.3) is 0 Å². The van der Waals surface area contributed by atoms with E-state index in [-0.39, 0.29) is 0 Å². The maximum Gasteiger partial charge on any atom is 0.330 e. The van der Waals surface area contributed by atoms with Crippen LogP contribution in [0.4, 0.5) is 0 Å². The molecule has 0 aliphatic rings. The Morgan fingerprint density at radius 3 is 2.43 bits per heavy atom. The standard InChI is InChI=1S/C8H16NO3PS/c1-11-13(10,12-2)7-5-3-4-6-9-8-14/h3-7H2,1-2H3. The smallest absolute Gasteiger partial charge is 0.312 e. The van der Waals surface area contributed by atoms with E-state index >= 15 is 0 Å². The van der Waals surface area contributed by atoms with E-state index in [0.717, 1.165) is 19.3 Å². The molecule has 0 N–H and O–H groups in total. The molecule has 0 aliphatic heterocycles. The summed E-state index contributed by atoms with van der Waals surface area (Å²) in [6, 6.07) is 0. The monoisotopic (exact) mass is 237 g/mol. The molecule has 6 heteroatoms. The van der Waals surface area contributed by atoms with Gasteiger partial charge < -0.3 is 9.05 Å². The van der Waals surface area contributed by atoms with E-state index < -0.39 is 7.60 Å². The average molecular weight is 237 g/mol. The van der Waals surface area contributed by atoms with Crippen molar-refractivity contribution >= 4 is 25.0 Å². The first-order chi connectivity index (χ1) is 6.68. The quantitative estimate of drug-likeness (QED) is 0.282. The Bertz CT molecular complexity index is 233. The zero-order valence-electron chi connectivity index (χ0n) is 8.56. The minimum Gasteiger partial charge on any atom is -0.312 e. The summed E-state index contributed by atoms with van der Waals surface area (Å²) in [5, 5.41) is 2.30. The third kappa shape index (κ3) is 6.41. The van der Waals surface area contributed by atoms with Gasteiger partial charge in [0.05, 0.1) is 11.3 Å². The van der Waals surface area contributed by atoms with Crippen LogP contribution in [0.5, 0.6) is 0 Å². The van der Waals surface area contributed by atoms with Gasteiger partial charge in [-0.05, 0) is 25.1 Å². The molecule has 0 bridgehead atoms. The van der Waals surface area contributed by atoms with Gasteiger partial charge in [0, 0.05) is 20.8 Å². The summed E-state index contributed by atoms with van der Waals surface area (Å²) in [5.41, 5.74) is 0. The molecule has 0 radical (unpaired) electrons. The first-order valence-corrected chi connectivity index (χ1v) is 6.56. The van der Waals surface area contributed by atoms with Crippen molar-refractivity contribution in [3.63, 3.8) is 0 Å². The van der Waals surface area contributed by atoms with E-state index in [1.54, 1.807) is 0 Å². The highest BCUT2D eigenvalue weighted by Crippen LogP contribution is 2.46. The molecule has 0 atom stereocenters. The lowest BCUT2D eigenvalue weighted by Gasteiger charge is -2.12. The van der Waals surface area contributed by atoms with Gasteiger partial charge in [-0.15, -0.1) is 0 Å². The molecule has 0 aromatic rings. The highest BCUT2D eigenvalue weighted by atomic mass is 32.1. The summed E-state index contributed by atoms with van der Waals surface area (Å²) in [6.45, 7) is 0.688. The molecule has 0 saturated carbocycles. The Morgan fingerprint density at radius 1 is 1.29 bits per heavy atom. The molecule has 0 spiro atoms. The molecular formula is C8H16NO3PS. The fourth-order valence-corrected chi connectivity index (χ4v) is 2.19. The molecule has 0 saturated heterocycles. The normalized spacial score (nSPS) is 11.0. The second-order valence-corrected chi connectivity index (χ2v) is 5.32. The van der Waals surface area contributed by atoms with E-state index in [1.807, 2.05) is 0 Å². The van der Waals surface area contributed by atoms with Crippen molar-refractivity contribution in [2.24, 2.45) is 4.99 Å². The molecule has 0 aromatic carbocycles. The Labute approximate surface area is 90.2 Å². The van der Waals surface area contributed by atoms with E-state index in [1.165, 1.54) is 14.2 Å². The summed E-state index contributed by atoms with van der Waals surface area (Å²) in [4.78, 5) is 3.78. The molecule has 0 amide bonds. The van der Waals surface area contributed by atoms with Crippen molar-refractivity contribution in [1.29, 1.82) is 0 Å². The van der Waals surface area contributed by atoms with E-state index in [4.69, 9.17) is 9.05 Å². The first-order valence-electron chi connectivity index (χ1n) is 4.42. The molecule has 0 heterocycles. The third-order valence-electron chi connectivity index (χ3n) is 1.82. The zero-order valence-corrected chi connectivity index (χ0v) is 10.3. The van der Waals surface area contributed by atoms with Crippen LogP contribution in [0, 0.1) is 0 Å². The number of isothiocyanates is 1. The van der Waals surface area contributed by atoms with Gasteiger partial charge in [-0.25, -0.2) is 4.99 Å². The van der Waals surface area contributed by atoms with E-state index in [0.29, 0.717) is 12.7 Å². The SMILES string of the molecule is COP(=O)(CCCCCN=C=S)OC. The van der Waals surface area contributed by atoms with Crippen LogP contribution in [0.1, 0.15) is 19.3 Å². The van der Waals surface area contributed by atoms with Crippen molar-refractivity contribution < 1.29 is 13.6 Å². The van der Waals surface area contributed by atoms with Gasteiger partial charge in [0.1, 0.15) is 0 Å². The second-order valence-electron chi connectivity index (χ2n) is 2.73. The van der Waals surface area contributed by atoms with E-state index in [9.17, 15) is 4.57 Å². The minimum atomic E-state index is -2.80. The number of hydrogen-bond donors (Lipinski definition) is 0. The Kier molecular flexibility index (Phi) is 8.24. The number of thiocarbonyl (C=S) groups is 1. The molecule has 0 unspecified atom stereocenters. The van der Waals surface area contributed by atoms with Gasteiger partial charge in [0.2, 0.25) is 0 Å². The van der Waals surface area contributed by atoms with Crippen molar-refractivity contribution in [3.05, 3.63) is 0 Å². The molecule has 4 nitrogen and oxygen atoms in total. The Hall–Kier alpha value is -0.0500. The van der Waals surface area contributed by atoms with Crippen LogP contribution < -0.4 is 0 Å². The predicted octanol–water partition coefficient (Wildman–Crippen LogP) is 2.75. The van der Waals surface area contributed by atoms with Crippen LogP contribution in [-0.4, -0.2) is 32.1 Å². The molecular weight excluding hydrogens is 221 g/mol. The van der Waals surface area contributed by atoms with Gasteiger partial charge in [-0.3, -0.25) is 4.57 Å². The van der Waals surface area contributed by atoms with Gasteiger partial charge in [-0.1, -0.05) is 6.42 Å². The zero-order chi connectivity index (χ0) is 10.9. The van der Waals surface area contributed by atoms with Crippen molar-refractivity contribution in [1.82, 2.24) is 0 Å². The highest BCUT2D eigenvalue weighted by molar-refractivity contribution is 7.78. The van der Waals surface area contributed by atoms with Gasteiger partial charge >= 0.3 is 7.60 Å². The molecule has 0 aromatic heterocycles. The lowest BCUT2D eigenvalue weighted by molar-refractivity contribution is 0.275. The number of hydrogen-bond acceptors (Lipinski definition) is 5. The number of unbranched alkanes of at least 4 members (excludes halogenated alkanes) is 2. The van der Waals surface area contributed by atoms with Crippen LogP contribution in [0.25, 0.3) is 0 Å². The second kappa shape index (κ2) is 8.27. The lowest BCUT2D eigenvalue weighted by atomic mass is 10.2. The lowest BCUT2D eigenvalue weighted by Crippen LogP contribution is -1.95. The predicted molar refractivity (Wildman–Crippen MR) is 60.2 cm³/mol. The minimum absolute atomic E-state index is 0.460. The fraction of sp³-hybridized carbons (Fsp3) is 0.875. The van der Waals surface area contributed by atoms with Gasteiger partial charge in [-0.2, -0.15) is 0 Å². The van der Waals surface area contributed by atoms with Crippen LogP contribution in [-0.2, 0) is 13.6 Å². The van der Waals surface area contributed by atoms with Crippen LogP contribution >= 0.6 is 19.8 Å². The summed E-state index contributed by atoms with van der Waals surface area (Å²) in [5.74, 6) is 0. The van der Waals surface area contributed by atoms with Crippen molar-refractivity contribution in [2.45, 2.75) is 19.3 Å². The largest absolute Gasteiger partial charge is 0.330 e. The first kappa shape index (κ1) is 13.9. The third-order valence-corrected chi connectivity index (χ3v) is 3.93. The van der Waals surface area contributed by atoms with Crippen LogP contribution in [0.15, 0.2) is 4.99 Å². The Morgan fingerprint density at radius 2 is 1.93 bits per heavy atom. The number of nitrogens with zero attached hydrogens (tertiary/aromatic N) is 1. The summed E-state index contributed by atoms with van der Waals surface area (Å²) < 4.78 is 21.1. The molecule has 14 heavy (non-hydrogen) atoms. The highest BCUT2D eigenvalue weighted by Gasteiger charge is 2.19. The topological polar surface area (TPSA) is 47.9 Å². The molecule has 0 aliphatic carbocycles. The summed E-state index contributed by atoms with van der Waals surface area (Å²) in [7, 11) is 0.00347. The molecule has 0 fully saturated rings. The fourth-order valence-electron chi connectivity index (χ4n) is 0.976. The maximum atomic E-state index is 11.5. The van der Waals surface area contributed by atoms with Gasteiger partial charge in [0.15, 0.2) is 0 Å². The average Bonchev–Trinajstić information content (AvgIpc) is 2.23. The van der Waals surface area contributed by atoms with E-state index in [2.05, 4.69) is 22.4 Å². The summed E-state index contributed by atoms with van der Waals surface area (Å²) in [6.07, 6.45) is 3.14. The van der Waals surface area contributed by atoms with Crippen molar-refractivity contribution in [2.75, 3.05) is 26.9 Å². The summed E-state index contributed by atoms with van der Waals surface area (Å²) >= 11 is 4.43. The number of rotatable bonds is 8. The maximum absolute atomic E-state index is 11.5. The van der Waals surface area contributed by atoms with Crippen LogP contribution in [0.3, 0.4) is 0 Å². The molecule has 82 valence electrons. The van der Waals surface area contributed by atoms with Crippen LogP contribution in [0.2, 0.25) is 0 Å².